The lowest BCUT2D eigenvalue weighted by Crippen LogP contribution is -2.44. The molecule has 0 heterocycles. The number of nitrogens with one attached hydrogen (secondary N) is 1. The maximum atomic E-state index is 3.90. The molecule has 0 radical (unpaired) electrons. The van der Waals surface area contributed by atoms with E-state index in [1.165, 1.54) is 99.4 Å². The zero-order valence-electron chi connectivity index (χ0n) is 35.7. The third kappa shape index (κ3) is 5.52. The molecule has 2 unspecified atom stereocenters. The van der Waals surface area contributed by atoms with Crippen LogP contribution in [0.5, 0.6) is 0 Å². The van der Waals surface area contributed by atoms with Gasteiger partial charge in [0, 0.05) is 11.4 Å². The first-order valence-corrected chi connectivity index (χ1v) is 22.7. The Hall–Kier alpha value is -8.26. The average Bonchev–Trinajstić information content (AvgIpc) is 3.69. The quantitative estimate of drug-likeness (QED) is 0.158. The lowest BCUT2D eigenvalue weighted by molar-refractivity contribution is 0.627. The fourth-order valence-electron chi connectivity index (χ4n) is 11.7. The minimum atomic E-state index is -0.702. The van der Waals surface area contributed by atoms with Crippen LogP contribution in [0.1, 0.15) is 44.5 Å². The van der Waals surface area contributed by atoms with Crippen LogP contribution in [0, 0.1) is 0 Å². The lowest BCUT2D eigenvalue weighted by Gasteiger charge is -2.49. The van der Waals surface area contributed by atoms with Crippen LogP contribution in [0.4, 0.5) is 11.4 Å². The van der Waals surface area contributed by atoms with Gasteiger partial charge in [0.2, 0.25) is 0 Å². The summed E-state index contributed by atoms with van der Waals surface area (Å²) in [5.74, 6) is 0. The average molecular weight is 826 g/mol. The smallest absolute Gasteiger partial charge is 0.0720 e. The summed E-state index contributed by atoms with van der Waals surface area (Å²) in [5, 5.41) is 8.88. The predicted molar refractivity (Wildman–Crippen MR) is 271 cm³/mol. The highest BCUT2D eigenvalue weighted by Gasteiger charge is 2.57. The molecule has 0 aromatic heterocycles. The zero-order chi connectivity index (χ0) is 43.0. The van der Waals surface area contributed by atoms with Crippen molar-refractivity contribution in [2.45, 2.75) is 10.8 Å². The number of benzene rings is 11. The Labute approximate surface area is 380 Å². The second-order valence-corrected chi connectivity index (χ2v) is 17.6. The molecular weight excluding hydrogens is 783 g/mol. The van der Waals surface area contributed by atoms with Crippen molar-refractivity contribution in [2.75, 3.05) is 5.32 Å². The standard InChI is InChI=1S/C64H43N/c1-4-18-43(19-5-1)46-21-16-22-47(38-46)48-39-57-55-30-12-13-31-58(55)64(50-25-8-3-9-26-50)60-33-15-14-32-59(60)63(61(40-48)62(57)64,49-23-6-2-7-24-49)51-27-17-28-52(41-51)65-53-37-36-45-35-34-44-20-10-11-29-54(44)56(45)42-53/h1-42,65H. The second kappa shape index (κ2) is 14.7. The Balaban J connectivity index is 1.11. The normalized spacial score (nSPS) is 16.7. The highest BCUT2D eigenvalue weighted by atomic mass is 14.9. The molecule has 0 fully saturated rings. The third-order valence-corrected chi connectivity index (χ3v) is 14.3. The summed E-state index contributed by atoms with van der Waals surface area (Å²) in [4.78, 5) is 0. The van der Waals surface area contributed by atoms with Gasteiger partial charge in [0.1, 0.15) is 0 Å². The van der Waals surface area contributed by atoms with Crippen LogP contribution in [-0.4, -0.2) is 0 Å². The van der Waals surface area contributed by atoms with Crippen LogP contribution in [0.15, 0.2) is 255 Å². The molecule has 0 saturated carbocycles. The number of fused-ring (bicyclic) bond motifs is 8. The summed E-state index contributed by atoms with van der Waals surface area (Å²) >= 11 is 0. The van der Waals surface area contributed by atoms with Gasteiger partial charge < -0.3 is 5.32 Å². The Morgan fingerprint density at radius 2 is 0.800 bits per heavy atom. The van der Waals surface area contributed by atoms with Gasteiger partial charge in [0.15, 0.2) is 0 Å². The molecule has 2 aliphatic carbocycles. The first-order chi connectivity index (χ1) is 32.2. The molecule has 65 heavy (non-hydrogen) atoms. The number of hydrogen-bond acceptors (Lipinski definition) is 1. The predicted octanol–water partition coefficient (Wildman–Crippen LogP) is 16.1. The summed E-state index contributed by atoms with van der Waals surface area (Å²) in [6.45, 7) is 0. The van der Waals surface area contributed by atoms with Crippen molar-refractivity contribution in [1.29, 1.82) is 0 Å². The van der Waals surface area contributed by atoms with Crippen LogP contribution in [-0.2, 0) is 10.8 Å². The van der Waals surface area contributed by atoms with Gasteiger partial charge in [0.05, 0.1) is 10.8 Å². The largest absolute Gasteiger partial charge is 0.355 e. The van der Waals surface area contributed by atoms with Crippen LogP contribution in [0.3, 0.4) is 0 Å². The first-order valence-electron chi connectivity index (χ1n) is 22.7. The van der Waals surface area contributed by atoms with Gasteiger partial charge in [0.25, 0.3) is 0 Å². The van der Waals surface area contributed by atoms with E-state index in [1.807, 2.05) is 0 Å². The monoisotopic (exact) mass is 825 g/mol. The molecule has 2 aliphatic rings. The second-order valence-electron chi connectivity index (χ2n) is 17.6. The lowest BCUT2D eigenvalue weighted by atomic mass is 9.51. The first kappa shape index (κ1) is 37.3. The zero-order valence-corrected chi connectivity index (χ0v) is 35.7. The van der Waals surface area contributed by atoms with Gasteiger partial charge in [-0.25, -0.2) is 0 Å². The summed E-state index contributed by atoms with van der Waals surface area (Å²) in [5.41, 5.74) is 18.5. The number of rotatable bonds is 7. The van der Waals surface area contributed by atoms with Gasteiger partial charge in [-0.1, -0.05) is 212 Å². The van der Waals surface area contributed by atoms with E-state index in [2.05, 4.69) is 260 Å². The van der Waals surface area contributed by atoms with Crippen LogP contribution in [0.2, 0.25) is 0 Å². The molecule has 0 aliphatic heterocycles. The van der Waals surface area contributed by atoms with E-state index >= 15 is 0 Å². The molecule has 0 amide bonds. The van der Waals surface area contributed by atoms with E-state index in [4.69, 9.17) is 0 Å². The van der Waals surface area contributed by atoms with E-state index < -0.39 is 10.8 Å². The molecule has 13 rings (SSSR count). The van der Waals surface area contributed by atoms with Crippen molar-refractivity contribution in [3.63, 3.8) is 0 Å². The summed E-state index contributed by atoms with van der Waals surface area (Å²) in [7, 11) is 0. The molecule has 304 valence electrons. The summed E-state index contributed by atoms with van der Waals surface area (Å²) in [6, 6.07) is 94.9. The van der Waals surface area contributed by atoms with E-state index in [-0.39, 0.29) is 0 Å². The van der Waals surface area contributed by atoms with Gasteiger partial charge in [-0.15, -0.1) is 0 Å². The van der Waals surface area contributed by atoms with E-state index in [0.29, 0.717) is 0 Å². The summed E-state index contributed by atoms with van der Waals surface area (Å²) < 4.78 is 0. The topological polar surface area (TPSA) is 12.0 Å². The van der Waals surface area contributed by atoms with E-state index in [1.54, 1.807) is 0 Å². The van der Waals surface area contributed by atoms with E-state index in [0.717, 1.165) is 11.4 Å². The fourth-order valence-corrected chi connectivity index (χ4v) is 11.7. The maximum absolute atomic E-state index is 3.90. The summed E-state index contributed by atoms with van der Waals surface area (Å²) in [6.07, 6.45) is 0. The van der Waals surface area contributed by atoms with Crippen molar-refractivity contribution in [3.8, 4) is 33.4 Å². The molecule has 0 bridgehead atoms. The van der Waals surface area contributed by atoms with Gasteiger partial charge >= 0.3 is 0 Å². The number of hydrogen-bond donors (Lipinski definition) is 1. The molecule has 11 aromatic rings. The molecular formula is C64H43N. The van der Waals surface area contributed by atoms with Crippen molar-refractivity contribution in [2.24, 2.45) is 0 Å². The minimum absolute atomic E-state index is 0.550. The number of anilines is 2. The maximum Gasteiger partial charge on any atom is 0.0720 e. The van der Waals surface area contributed by atoms with Crippen molar-refractivity contribution >= 4 is 32.9 Å². The molecule has 11 aromatic carbocycles. The Bertz CT molecular complexity index is 3630. The SMILES string of the molecule is c1ccc(-c2cccc(-c3cc4c5c(c3)C(c3ccccc3)(c3cccc(Nc6ccc7ccc8ccccc8c7c6)c3)c3ccccc3C5(c3ccccc3)c3ccccc3-4)c2)cc1. The minimum Gasteiger partial charge on any atom is -0.355 e. The van der Waals surface area contributed by atoms with Gasteiger partial charge in [-0.2, -0.15) is 0 Å². The molecule has 2 atom stereocenters. The highest BCUT2D eigenvalue weighted by molar-refractivity contribution is 6.08. The molecule has 0 spiro atoms. The van der Waals surface area contributed by atoms with Crippen LogP contribution >= 0.6 is 0 Å². The fraction of sp³-hybridized carbons (Fsp3) is 0.0312. The van der Waals surface area contributed by atoms with Crippen molar-refractivity contribution in [3.05, 3.63) is 299 Å². The third-order valence-electron chi connectivity index (χ3n) is 14.3. The Kier molecular flexibility index (Phi) is 8.41. The van der Waals surface area contributed by atoms with E-state index in [9.17, 15) is 0 Å². The molecule has 1 heteroatoms. The Morgan fingerprint density at radius 1 is 0.262 bits per heavy atom. The molecule has 0 saturated heterocycles. The van der Waals surface area contributed by atoms with Crippen LogP contribution < -0.4 is 5.32 Å². The van der Waals surface area contributed by atoms with Crippen LogP contribution in [0.25, 0.3) is 54.9 Å². The van der Waals surface area contributed by atoms with Crippen molar-refractivity contribution in [1.82, 2.24) is 0 Å². The highest BCUT2D eigenvalue weighted by Crippen LogP contribution is 2.66. The Morgan fingerprint density at radius 3 is 1.57 bits per heavy atom. The van der Waals surface area contributed by atoms with Gasteiger partial charge in [-0.3, -0.25) is 0 Å². The van der Waals surface area contributed by atoms with Gasteiger partial charge in [-0.05, 0) is 142 Å². The molecule has 1 N–H and O–H groups in total. The molecule has 1 nitrogen and oxygen atoms in total. The van der Waals surface area contributed by atoms with Crippen molar-refractivity contribution < 1.29 is 0 Å².